The predicted molar refractivity (Wildman–Crippen MR) is 115 cm³/mol. The predicted octanol–water partition coefficient (Wildman–Crippen LogP) is 4.10. The third-order valence-corrected chi connectivity index (χ3v) is 5.02. The lowest BCUT2D eigenvalue weighted by atomic mass is 10.1. The number of benzene rings is 2. The van der Waals surface area contributed by atoms with Crippen molar-refractivity contribution in [2.45, 2.75) is 39.7 Å². The lowest BCUT2D eigenvalue weighted by Gasteiger charge is -2.27. The first-order valence-corrected chi connectivity index (χ1v) is 9.99. The van der Waals surface area contributed by atoms with E-state index >= 15 is 0 Å². The van der Waals surface area contributed by atoms with E-state index in [9.17, 15) is 9.59 Å². The van der Waals surface area contributed by atoms with Gasteiger partial charge in [-0.15, -0.1) is 0 Å². The van der Waals surface area contributed by atoms with Gasteiger partial charge >= 0.3 is 0 Å². The van der Waals surface area contributed by atoms with Crippen LogP contribution in [-0.4, -0.2) is 34.0 Å². The second-order valence-electron chi connectivity index (χ2n) is 6.96. The standard InChI is InChI=1S/C23H27N3O3/c1-5-11-21(27)25(4)16(3)22-24-18-13-8-7-12-17(18)23(28)26(22)19-14-9-10-15-20(19)29-6-2/h7-10,12-16H,5-6,11H2,1-4H3. The number of amides is 1. The number of rotatable bonds is 7. The average molecular weight is 393 g/mol. The van der Waals surface area contributed by atoms with E-state index in [1.165, 1.54) is 0 Å². The second-order valence-corrected chi connectivity index (χ2v) is 6.96. The number of carbonyl (C=O) groups excluding carboxylic acids is 1. The Labute approximate surface area is 170 Å². The molecule has 6 nitrogen and oxygen atoms in total. The quantitative estimate of drug-likeness (QED) is 0.606. The summed E-state index contributed by atoms with van der Waals surface area (Å²) in [5, 5.41) is 0.525. The van der Waals surface area contributed by atoms with Crippen molar-refractivity contribution in [2.24, 2.45) is 0 Å². The van der Waals surface area contributed by atoms with E-state index in [1.54, 1.807) is 22.6 Å². The summed E-state index contributed by atoms with van der Waals surface area (Å²) < 4.78 is 7.35. The van der Waals surface area contributed by atoms with Crippen LogP contribution in [-0.2, 0) is 4.79 Å². The Hall–Kier alpha value is -3.15. The molecule has 152 valence electrons. The fourth-order valence-electron chi connectivity index (χ4n) is 3.36. The minimum atomic E-state index is -0.388. The minimum absolute atomic E-state index is 0.0204. The molecule has 0 radical (unpaired) electrons. The Morgan fingerprint density at radius 3 is 2.55 bits per heavy atom. The molecule has 1 unspecified atom stereocenters. The first-order chi connectivity index (χ1) is 14.0. The first-order valence-electron chi connectivity index (χ1n) is 9.99. The molecule has 0 saturated heterocycles. The molecule has 29 heavy (non-hydrogen) atoms. The number of hydrogen-bond donors (Lipinski definition) is 0. The molecule has 1 amide bonds. The van der Waals surface area contributed by atoms with Gasteiger partial charge in [0.25, 0.3) is 5.56 Å². The van der Waals surface area contributed by atoms with E-state index in [0.29, 0.717) is 41.2 Å². The van der Waals surface area contributed by atoms with Crippen molar-refractivity contribution in [3.8, 4) is 11.4 Å². The van der Waals surface area contributed by atoms with Crippen LogP contribution < -0.4 is 10.3 Å². The highest BCUT2D eigenvalue weighted by Gasteiger charge is 2.24. The molecule has 0 spiro atoms. The molecular formula is C23H27N3O3. The van der Waals surface area contributed by atoms with Crippen LogP contribution in [0.25, 0.3) is 16.6 Å². The molecule has 0 bridgehead atoms. The third-order valence-electron chi connectivity index (χ3n) is 5.02. The maximum Gasteiger partial charge on any atom is 0.266 e. The van der Waals surface area contributed by atoms with E-state index < -0.39 is 0 Å². The molecule has 0 fully saturated rings. The highest BCUT2D eigenvalue weighted by molar-refractivity contribution is 5.79. The van der Waals surface area contributed by atoms with Crippen LogP contribution in [0.15, 0.2) is 53.3 Å². The molecule has 1 atom stereocenters. The van der Waals surface area contributed by atoms with Crippen LogP contribution in [0.4, 0.5) is 0 Å². The maximum atomic E-state index is 13.5. The van der Waals surface area contributed by atoms with Crippen molar-refractivity contribution in [2.75, 3.05) is 13.7 Å². The van der Waals surface area contributed by atoms with Crippen LogP contribution in [0.5, 0.6) is 5.75 Å². The number of nitrogens with zero attached hydrogens (tertiary/aromatic N) is 3. The number of fused-ring (bicyclic) bond motifs is 1. The highest BCUT2D eigenvalue weighted by Crippen LogP contribution is 2.27. The number of aromatic nitrogens is 2. The summed E-state index contributed by atoms with van der Waals surface area (Å²) in [7, 11) is 1.75. The number of hydrogen-bond acceptors (Lipinski definition) is 4. The van der Waals surface area contributed by atoms with Gasteiger partial charge in [-0.1, -0.05) is 31.2 Å². The minimum Gasteiger partial charge on any atom is -0.492 e. The molecule has 0 N–H and O–H groups in total. The summed E-state index contributed by atoms with van der Waals surface area (Å²) in [5.41, 5.74) is 1.05. The van der Waals surface area contributed by atoms with Crippen LogP contribution in [0.1, 0.15) is 45.5 Å². The molecule has 0 aliphatic carbocycles. The van der Waals surface area contributed by atoms with Gasteiger partial charge in [0.2, 0.25) is 5.91 Å². The molecule has 1 heterocycles. The Balaban J connectivity index is 2.28. The molecule has 0 saturated carbocycles. The summed E-state index contributed by atoms with van der Waals surface area (Å²) in [6, 6.07) is 14.3. The molecule has 6 heteroatoms. The van der Waals surface area contributed by atoms with Crippen LogP contribution >= 0.6 is 0 Å². The van der Waals surface area contributed by atoms with Crippen molar-refractivity contribution in [3.05, 3.63) is 64.7 Å². The Kier molecular flexibility index (Phi) is 6.32. The van der Waals surface area contributed by atoms with Crippen molar-refractivity contribution in [1.82, 2.24) is 14.5 Å². The third kappa shape index (κ3) is 4.01. The van der Waals surface area contributed by atoms with E-state index in [-0.39, 0.29) is 17.5 Å². The fraction of sp³-hybridized carbons (Fsp3) is 0.348. The van der Waals surface area contributed by atoms with Gasteiger partial charge in [-0.3, -0.25) is 14.2 Å². The Bertz CT molecular complexity index is 1070. The van der Waals surface area contributed by atoms with Crippen LogP contribution in [0, 0.1) is 0 Å². The van der Waals surface area contributed by atoms with Gasteiger partial charge in [-0.05, 0) is 44.5 Å². The van der Waals surface area contributed by atoms with Crippen molar-refractivity contribution in [3.63, 3.8) is 0 Å². The maximum absolute atomic E-state index is 13.5. The van der Waals surface area contributed by atoms with Gasteiger partial charge in [0.05, 0.1) is 29.2 Å². The van der Waals surface area contributed by atoms with Crippen LogP contribution in [0.3, 0.4) is 0 Å². The molecule has 3 aromatic rings. The van der Waals surface area contributed by atoms with Gasteiger partial charge in [-0.2, -0.15) is 0 Å². The molecule has 0 aliphatic heterocycles. The van der Waals surface area contributed by atoms with Gasteiger partial charge < -0.3 is 9.64 Å². The summed E-state index contributed by atoms with van der Waals surface area (Å²) in [6.45, 7) is 6.24. The van der Waals surface area contributed by atoms with E-state index in [1.807, 2.05) is 63.2 Å². The van der Waals surface area contributed by atoms with Gasteiger partial charge in [-0.25, -0.2) is 4.98 Å². The summed E-state index contributed by atoms with van der Waals surface area (Å²) in [6.07, 6.45) is 1.22. The monoisotopic (exact) mass is 393 g/mol. The zero-order valence-corrected chi connectivity index (χ0v) is 17.4. The summed E-state index contributed by atoms with van der Waals surface area (Å²) in [5.74, 6) is 1.13. The average Bonchev–Trinajstić information content (AvgIpc) is 2.73. The van der Waals surface area contributed by atoms with Crippen molar-refractivity contribution < 1.29 is 9.53 Å². The number of ether oxygens (including phenoxy) is 1. The zero-order chi connectivity index (χ0) is 21.0. The van der Waals surface area contributed by atoms with E-state index in [2.05, 4.69) is 0 Å². The SMILES string of the molecule is CCCC(=O)N(C)C(C)c1nc2ccccc2c(=O)n1-c1ccccc1OCC. The highest BCUT2D eigenvalue weighted by atomic mass is 16.5. The van der Waals surface area contributed by atoms with Gasteiger partial charge in [0, 0.05) is 13.5 Å². The molecular weight excluding hydrogens is 366 g/mol. The van der Waals surface area contributed by atoms with Crippen LogP contribution in [0.2, 0.25) is 0 Å². The molecule has 3 rings (SSSR count). The Morgan fingerprint density at radius 2 is 1.83 bits per heavy atom. The number of carbonyl (C=O) groups is 1. The number of para-hydroxylation sites is 3. The van der Waals surface area contributed by atoms with E-state index in [0.717, 1.165) is 6.42 Å². The van der Waals surface area contributed by atoms with Crippen molar-refractivity contribution >= 4 is 16.8 Å². The molecule has 1 aromatic heterocycles. The normalized spacial score (nSPS) is 12.0. The summed E-state index contributed by atoms with van der Waals surface area (Å²) in [4.78, 5) is 32.4. The lowest BCUT2D eigenvalue weighted by molar-refractivity contribution is -0.132. The lowest BCUT2D eigenvalue weighted by Crippen LogP contribution is -2.34. The first kappa shape index (κ1) is 20.6. The zero-order valence-electron chi connectivity index (χ0n) is 17.4. The second kappa shape index (κ2) is 8.90. The smallest absolute Gasteiger partial charge is 0.266 e. The largest absolute Gasteiger partial charge is 0.492 e. The molecule has 0 aliphatic rings. The van der Waals surface area contributed by atoms with Gasteiger partial charge in [0.1, 0.15) is 11.6 Å². The fourth-order valence-corrected chi connectivity index (χ4v) is 3.36. The van der Waals surface area contributed by atoms with Gasteiger partial charge in [0.15, 0.2) is 0 Å². The van der Waals surface area contributed by atoms with Crippen molar-refractivity contribution in [1.29, 1.82) is 0 Å². The van der Waals surface area contributed by atoms with E-state index in [4.69, 9.17) is 9.72 Å². The molecule has 2 aromatic carbocycles. The Morgan fingerprint density at radius 1 is 1.14 bits per heavy atom. The topological polar surface area (TPSA) is 64.4 Å². The summed E-state index contributed by atoms with van der Waals surface area (Å²) >= 11 is 0.